The quantitative estimate of drug-likeness (QED) is 0.743. The molecule has 134 valence electrons. The number of methoxy groups -OCH3 is 1. The Labute approximate surface area is 144 Å². The molecule has 0 saturated carbocycles. The molecule has 1 aromatic heterocycles. The van der Waals surface area contributed by atoms with Crippen LogP contribution in [0.4, 0.5) is 4.39 Å². The van der Waals surface area contributed by atoms with E-state index < -0.39 is 24.3 Å². The van der Waals surface area contributed by atoms with Gasteiger partial charge >= 0.3 is 5.97 Å². The van der Waals surface area contributed by atoms with Gasteiger partial charge in [-0.2, -0.15) is 0 Å². The van der Waals surface area contributed by atoms with Gasteiger partial charge in [-0.1, -0.05) is 11.2 Å². The Bertz CT molecular complexity index is 768. The van der Waals surface area contributed by atoms with Crippen molar-refractivity contribution in [1.82, 2.24) is 10.1 Å². The number of ether oxygens (including phenoxy) is 2. The minimum Gasteiger partial charge on any atom is -0.494 e. The summed E-state index contributed by atoms with van der Waals surface area (Å²) in [6, 6.07) is 4.43. The number of nitrogens with zero attached hydrogens (tertiary/aromatic N) is 2. The molecule has 0 radical (unpaired) electrons. The average Bonchev–Trinajstić information content (AvgIpc) is 2.91. The van der Waals surface area contributed by atoms with Gasteiger partial charge in [0.15, 0.2) is 18.2 Å². The second kappa shape index (κ2) is 7.78. The molecule has 0 fully saturated rings. The second-order valence-electron chi connectivity index (χ2n) is 5.49. The number of carbonyl (C=O) groups excluding carboxylic acids is 2. The maximum atomic E-state index is 13.7. The summed E-state index contributed by atoms with van der Waals surface area (Å²) in [5.74, 6) is -1.14. The van der Waals surface area contributed by atoms with Crippen molar-refractivity contribution in [3.8, 4) is 5.75 Å². The van der Waals surface area contributed by atoms with E-state index in [-0.39, 0.29) is 17.9 Å². The molecule has 1 amide bonds. The minimum absolute atomic E-state index is 0.131. The largest absolute Gasteiger partial charge is 0.494 e. The summed E-state index contributed by atoms with van der Waals surface area (Å²) in [5, 5.41) is 3.66. The van der Waals surface area contributed by atoms with Crippen LogP contribution in [0.3, 0.4) is 0 Å². The van der Waals surface area contributed by atoms with Crippen LogP contribution in [0.15, 0.2) is 22.7 Å². The number of amides is 1. The van der Waals surface area contributed by atoms with Crippen LogP contribution in [0.2, 0.25) is 0 Å². The van der Waals surface area contributed by atoms with E-state index in [0.29, 0.717) is 17.0 Å². The van der Waals surface area contributed by atoms with Crippen molar-refractivity contribution in [1.29, 1.82) is 0 Å². The monoisotopic (exact) mass is 350 g/mol. The summed E-state index contributed by atoms with van der Waals surface area (Å²) in [6.07, 6.45) is 0. The molecule has 0 spiro atoms. The standard InChI is InChI=1S/C17H19FN2O5/c1-10-16(11(2)25-19-10)17(22)24-9-15(21)20(3)8-12-5-6-14(23-4)13(18)7-12/h5-7H,8-9H2,1-4H3. The van der Waals surface area contributed by atoms with Crippen LogP contribution >= 0.6 is 0 Å². The van der Waals surface area contributed by atoms with Crippen LogP contribution < -0.4 is 4.74 Å². The highest BCUT2D eigenvalue weighted by Gasteiger charge is 2.21. The Hall–Kier alpha value is -2.90. The lowest BCUT2D eigenvalue weighted by Gasteiger charge is -2.17. The fraction of sp³-hybridized carbons (Fsp3) is 0.353. The fourth-order valence-electron chi connectivity index (χ4n) is 2.25. The number of hydrogen-bond acceptors (Lipinski definition) is 6. The molecule has 1 heterocycles. The highest BCUT2D eigenvalue weighted by atomic mass is 19.1. The van der Waals surface area contributed by atoms with E-state index in [1.165, 1.54) is 31.2 Å². The zero-order valence-corrected chi connectivity index (χ0v) is 14.5. The number of likely N-dealkylation sites (N-methyl/N-ethyl adjacent to an activating group) is 1. The van der Waals surface area contributed by atoms with Gasteiger partial charge in [0.2, 0.25) is 0 Å². The summed E-state index contributed by atoms with van der Waals surface area (Å²) in [6.45, 7) is 2.93. The summed E-state index contributed by atoms with van der Waals surface area (Å²) in [7, 11) is 2.91. The average molecular weight is 350 g/mol. The van der Waals surface area contributed by atoms with Gasteiger partial charge in [-0.05, 0) is 31.5 Å². The van der Waals surface area contributed by atoms with Crippen molar-refractivity contribution in [2.45, 2.75) is 20.4 Å². The van der Waals surface area contributed by atoms with Crippen molar-refractivity contribution in [2.75, 3.05) is 20.8 Å². The predicted molar refractivity (Wildman–Crippen MR) is 85.7 cm³/mol. The van der Waals surface area contributed by atoms with Gasteiger partial charge in [-0.25, -0.2) is 9.18 Å². The Morgan fingerprint density at radius 1 is 1.32 bits per heavy atom. The number of aromatic nitrogens is 1. The predicted octanol–water partition coefficient (Wildman–Crippen LogP) is 2.25. The summed E-state index contributed by atoms with van der Waals surface area (Å²) in [4.78, 5) is 25.4. The van der Waals surface area contributed by atoms with Gasteiger partial charge in [0.1, 0.15) is 11.3 Å². The van der Waals surface area contributed by atoms with Gasteiger partial charge in [0.05, 0.1) is 12.8 Å². The molecule has 0 bridgehead atoms. The highest BCUT2D eigenvalue weighted by Crippen LogP contribution is 2.18. The fourth-order valence-corrected chi connectivity index (χ4v) is 2.25. The number of halogens is 1. The third kappa shape index (κ3) is 4.34. The minimum atomic E-state index is -0.673. The van der Waals surface area contributed by atoms with Crippen molar-refractivity contribution < 1.29 is 28.0 Å². The first-order chi connectivity index (χ1) is 11.8. The van der Waals surface area contributed by atoms with Gasteiger partial charge < -0.3 is 18.9 Å². The summed E-state index contributed by atoms with van der Waals surface area (Å²) in [5.41, 5.74) is 1.20. The topological polar surface area (TPSA) is 81.9 Å². The first-order valence-electron chi connectivity index (χ1n) is 7.49. The lowest BCUT2D eigenvalue weighted by Crippen LogP contribution is -2.31. The molecule has 2 rings (SSSR count). The molecular formula is C17H19FN2O5. The van der Waals surface area contributed by atoms with Crippen molar-refractivity contribution in [2.24, 2.45) is 0 Å². The van der Waals surface area contributed by atoms with Gasteiger partial charge in [-0.3, -0.25) is 4.79 Å². The van der Waals surface area contributed by atoms with Crippen molar-refractivity contribution in [3.05, 3.63) is 46.6 Å². The molecule has 1 aromatic carbocycles. The molecule has 0 N–H and O–H groups in total. The van der Waals surface area contributed by atoms with E-state index in [9.17, 15) is 14.0 Å². The Morgan fingerprint density at radius 3 is 2.60 bits per heavy atom. The molecule has 0 aliphatic heterocycles. The van der Waals surface area contributed by atoms with E-state index in [1.807, 2.05) is 0 Å². The van der Waals surface area contributed by atoms with Crippen molar-refractivity contribution >= 4 is 11.9 Å². The normalized spacial score (nSPS) is 10.4. The highest BCUT2D eigenvalue weighted by molar-refractivity contribution is 5.93. The maximum Gasteiger partial charge on any atom is 0.344 e. The van der Waals surface area contributed by atoms with Gasteiger partial charge in [0.25, 0.3) is 5.91 Å². The summed E-state index contributed by atoms with van der Waals surface area (Å²) >= 11 is 0. The first kappa shape index (κ1) is 18.4. The zero-order valence-electron chi connectivity index (χ0n) is 14.5. The third-order valence-electron chi connectivity index (χ3n) is 3.63. The first-order valence-corrected chi connectivity index (χ1v) is 7.49. The van der Waals surface area contributed by atoms with Gasteiger partial charge in [-0.15, -0.1) is 0 Å². The maximum absolute atomic E-state index is 13.7. The molecule has 0 saturated heterocycles. The molecule has 8 heteroatoms. The number of hydrogen-bond donors (Lipinski definition) is 0. The molecule has 0 aliphatic carbocycles. The molecule has 7 nitrogen and oxygen atoms in total. The van der Waals surface area contributed by atoms with E-state index in [2.05, 4.69) is 5.16 Å². The Kier molecular flexibility index (Phi) is 5.74. The van der Waals surface area contributed by atoms with Crippen LogP contribution in [-0.4, -0.2) is 42.7 Å². The van der Waals surface area contributed by atoms with Crippen molar-refractivity contribution in [3.63, 3.8) is 0 Å². The third-order valence-corrected chi connectivity index (χ3v) is 3.63. The Morgan fingerprint density at radius 2 is 2.04 bits per heavy atom. The van der Waals surface area contributed by atoms with E-state index in [0.717, 1.165) is 0 Å². The van der Waals surface area contributed by atoms with E-state index in [1.54, 1.807) is 19.9 Å². The SMILES string of the molecule is COc1ccc(CN(C)C(=O)COC(=O)c2c(C)noc2C)cc1F. The molecule has 0 aliphatic rings. The van der Waals surface area contributed by atoms with Crippen LogP contribution in [0.5, 0.6) is 5.75 Å². The number of carbonyl (C=O) groups is 2. The number of esters is 1. The lowest BCUT2D eigenvalue weighted by atomic mass is 10.2. The zero-order chi connectivity index (χ0) is 18.6. The second-order valence-corrected chi connectivity index (χ2v) is 5.49. The van der Waals surface area contributed by atoms with Crippen LogP contribution in [-0.2, 0) is 16.1 Å². The van der Waals surface area contributed by atoms with Crippen LogP contribution in [0.25, 0.3) is 0 Å². The van der Waals surface area contributed by atoms with E-state index >= 15 is 0 Å². The smallest absolute Gasteiger partial charge is 0.344 e. The molecule has 2 aromatic rings. The molecular weight excluding hydrogens is 331 g/mol. The molecule has 0 unspecified atom stereocenters. The molecule has 0 atom stereocenters. The molecule has 25 heavy (non-hydrogen) atoms. The van der Waals surface area contributed by atoms with Crippen LogP contribution in [0, 0.1) is 19.7 Å². The van der Waals surface area contributed by atoms with E-state index in [4.69, 9.17) is 14.0 Å². The number of benzene rings is 1. The number of rotatable bonds is 6. The van der Waals surface area contributed by atoms with Crippen LogP contribution in [0.1, 0.15) is 27.4 Å². The summed E-state index contributed by atoms with van der Waals surface area (Å²) < 4.78 is 28.4. The Balaban J connectivity index is 1.92. The number of aryl methyl sites for hydroxylation is 2. The lowest BCUT2D eigenvalue weighted by molar-refractivity contribution is -0.133. The van der Waals surface area contributed by atoms with Gasteiger partial charge in [0, 0.05) is 13.6 Å².